The van der Waals surface area contributed by atoms with E-state index in [9.17, 15) is 8.42 Å². The van der Waals surface area contributed by atoms with Crippen LogP contribution in [0, 0.1) is 6.92 Å². The highest BCUT2D eigenvalue weighted by Gasteiger charge is 2.18. The van der Waals surface area contributed by atoms with Gasteiger partial charge in [0.05, 0.1) is 16.8 Å². The molecule has 0 aliphatic carbocycles. The molecule has 0 bridgehead atoms. The summed E-state index contributed by atoms with van der Waals surface area (Å²) in [6.07, 6.45) is 2.40. The van der Waals surface area contributed by atoms with Crippen LogP contribution in [-0.4, -0.2) is 23.2 Å². The number of rotatable bonds is 5. The molecule has 6 nitrogen and oxygen atoms in total. The third-order valence-corrected chi connectivity index (χ3v) is 5.62. The number of nitrogens with zero attached hydrogens (tertiary/aromatic N) is 3. The van der Waals surface area contributed by atoms with E-state index in [-0.39, 0.29) is 4.90 Å². The first-order chi connectivity index (χ1) is 11.0. The molecule has 0 aliphatic rings. The predicted octanol–water partition coefficient (Wildman–Crippen LogP) is 3.00. The minimum atomic E-state index is -3.67. The van der Waals surface area contributed by atoms with Crippen molar-refractivity contribution in [3.8, 4) is 5.13 Å². The van der Waals surface area contributed by atoms with E-state index in [0.29, 0.717) is 10.9 Å². The summed E-state index contributed by atoms with van der Waals surface area (Å²) in [5.74, 6) is 0.360. The minimum absolute atomic E-state index is 0.220. The fraction of sp³-hybridized carbons (Fsp3) is 0.200. The second-order valence-electron chi connectivity index (χ2n) is 5.00. The lowest BCUT2D eigenvalue weighted by molar-refractivity contribution is 0.600. The molecule has 0 atom stereocenters. The van der Waals surface area contributed by atoms with E-state index >= 15 is 0 Å². The number of nitrogens with one attached hydrogen (secondary N) is 1. The normalized spacial score (nSPS) is 11.6. The molecule has 0 spiro atoms. The van der Waals surface area contributed by atoms with Gasteiger partial charge in [0, 0.05) is 11.4 Å². The molecular weight excluding hydrogens is 332 g/mol. The molecule has 1 aromatic carbocycles. The molecular formula is C15H16N4O2S2. The minimum Gasteiger partial charge on any atom is -0.263 e. The Labute approximate surface area is 138 Å². The number of sulfonamides is 1. The SMILES string of the molecule is CCc1ccc(S(=O)(=O)Nc2ccnn2-c2nc(C)cs2)cc1. The second kappa shape index (κ2) is 6.13. The Bertz CT molecular complexity index is 911. The summed E-state index contributed by atoms with van der Waals surface area (Å²) in [4.78, 5) is 4.54. The Morgan fingerprint density at radius 3 is 2.57 bits per heavy atom. The van der Waals surface area contributed by atoms with E-state index in [4.69, 9.17) is 0 Å². The van der Waals surface area contributed by atoms with Gasteiger partial charge in [0.2, 0.25) is 5.13 Å². The summed E-state index contributed by atoms with van der Waals surface area (Å²) in [5, 5.41) is 6.65. The van der Waals surface area contributed by atoms with E-state index in [1.165, 1.54) is 22.2 Å². The fourth-order valence-corrected chi connectivity index (χ4v) is 3.89. The van der Waals surface area contributed by atoms with Crippen LogP contribution in [0.25, 0.3) is 5.13 Å². The zero-order valence-corrected chi connectivity index (χ0v) is 14.4. The molecule has 0 fully saturated rings. The Morgan fingerprint density at radius 2 is 1.96 bits per heavy atom. The molecule has 8 heteroatoms. The van der Waals surface area contributed by atoms with Crippen LogP contribution in [0.2, 0.25) is 0 Å². The molecule has 120 valence electrons. The number of benzene rings is 1. The number of aryl methyl sites for hydroxylation is 2. The van der Waals surface area contributed by atoms with Crippen molar-refractivity contribution < 1.29 is 8.42 Å². The quantitative estimate of drug-likeness (QED) is 0.769. The number of hydrogen-bond acceptors (Lipinski definition) is 5. The molecule has 0 aliphatic heterocycles. The van der Waals surface area contributed by atoms with Crippen LogP contribution < -0.4 is 4.72 Å². The van der Waals surface area contributed by atoms with Crippen LogP contribution >= 0.6 is 11.3 Å². The summed E-state index contributed by atoms with van der Waals surface area (Å²) >= 11 is 1.40. The Hall–Kier alpha value is -2.19. The number of thiazole rings is 1. The standard InChI is InChI=1S/C15H16N4O2S2/c1-3-12-4-6-13(7-5-12)23(20,21)18-14-8-9-16-19(14)15-17-11(2)10-22-15/h4-10,18H,3H2,1-2H3. The third-order valence-electron chi connectivity index (χ3n) is 3.31. The van der Waals surface area contributed by atoms with Crippen molar-refractivity contribution in [2.75, 3.05) is 4.72 Å². The highest BCUT2D eigenvalue weighted by Crippen LogP contribution is 2.21. The summed E-state index contributed by atoms with van der Waals surface area (Å²) in [6, 6.07) is 8.45. The van der Waals surface area contributed by atoms with Gasteiger partial charge in [-0.1, -0.05) is 19.1 Å². The van der Waals surface area contributed by atoms with Crippen molar-refractivity contribution in [2.24, 2.45) is 0 Å². The average molecular weight is 348 g/mol. The second-order valence-corrected chi connectivity index (χ2v) is 7.52. The smallest absolute Gasteiger partial charge is 0.263 e. The van der Waals surface area contributed by atoms with Gasteiger partial charge < -0.3 is 0 Å². The lowest BCUT2D eigenvalue weighted by atomic mass is 10.2. The van der Waals surface area contributed by atoms with E-state index in [2.05, 4.69) is 14.8 Å². The van der Waals surface area contributed by atoms with Crippen molar-refractivity contribution >= 4 is 27.2 Å². The molecule has 2 aromatic heterocycles. The van der Waals surface area contributed by atoms with Crippen LogP contribution in [0.1, 0.15) is 18.2 Å². The average Bonchev–Trinajstić information content (AvgIpc) is 3.15. The molecule has 23 heavy (non-hydrogen) atoms. The van der Waals surface area contributed by atoms with E-state index < -0.39 is 10.0 Å². The number of hydrogen-bond donors (Lipinski definition) is 1. The summed E-state index contributed by atoms with van der Waals surface area (Å²) in [6.45, 7) is 3.90. The van der Waals surface area contributed by atoms with Gasteiger partial charge in [0.25, 0.3) is 10.0 Å². The molecule has 3 rings (SSSR count). The zero-order chi connectivity index (χ0) is 16.4. The number of aromatic nitrogens is 3. The molecule has 0 radical (unpaired) electrons. The monoisotopic (exact) mass is 348 g/mol. The van der Waals surface area contributed by atoms with Crippen molar-refractivity contribution in [1.82, 2.24) is 14.8 Å². The van der Waals surface area contributed by atoms with E-state index in [1.54, 1.807) is 18.2 Å². The Kier molecular flexibility index (Phi) is 4.18. The first kappa shape index (κ1) is 15.7. The van der Waals surface area contributed by atoms with Crippen molar-refractivity contribution in [1.29, 1.82) is 0 Å². The highest BCUT2D eigenvalue weighted by atomic mass is 32.2. The molecule has 0 saturated heterocycles. The van der Waals surface area contributed by atoms with Crippen molar-refractivity contribution in [3.63, 3.8) is 0 Å². The van der Waals surface area contributed by atoms with Gasteiger partial charge in [-0.05, 0) is 31.0 Å². The fourth-order valence-electron chi connectivity index (χ4n) is 2.07. The van der Waals surface area contributed by atoms with Crippen LogP contribution in [0.15, 0.2) is 46.8 Å². The predicted molar refractivity (Wildman–Crippen MR) is 90.6 cm³/mol. The maximum absolute atomic E-state index is 12.5. The van der Waals surface area contributed by atoms with Gasteiger partial charge in [-0.15, -0.1) is 11.3 Å². The van der Waals surface area contributed by atoms with E-state index in [1.807, 2.05) is 31.4 Å². The lowest BCUT2D eigenvalue weighted by Gasteiger charge is -2.09. The maximum Gasteiger partial charge on any atom is 0.263 e. The molecule has 3 aromatic rings. The number of anilines is 1. The summed E-state index contributed by atoms with van der Waals surface area (Å²) in [7, 11) is -3.67. The van der Waals surface area contributed by atoms with Crippen molar-refractivity contribution in [2.45, 2.75) is 25.2 Å². The van der Waals surface area contributed by atoms with Gasteiger partial charge >= 0.3 is 0 Å². The zero-order valence-electron chi connectivity index (χ0n) is 12.7. The van der Waals surface area contributed by atoms with Gasteiger partial charge in [0.15, 0.2) is 0 Å². The van der Waals surface area contributed by atoms with Crippen LogP contribution in [0.5, 0.6) is 0 Å². The van der Waals surface area contributed by atoms with Crippen LogP contribution in [-0.2, 0) is 16.4 Å². The molecule has 0 unspecified atom stereocenters. The summed E-state index contributed by atoms with van der Waals surface area (Å²) in [5.41, 5.74) is 1.96. The molecule has 0 amide bonds. The first-order valence-corrected chi connectivity index (χ1v) is 9.44. The van der Waals surface area contributed by atoms with Gasteiger partial charge in [0.1, 0.15) is 5.82 Å². The Balaban J connectivity index is 1.90. The highest BCUT2D eigenvalue weighted by molar-refractivity contribution is 7.92. The molecule has 1 N–H and O–H groups in total. The summed E-state index contributed by atoms with van der Waals surface area (Å²) < 4.78 is 29.1. The van der Waals surface area contributed by atoms with Crippen LogP contribution in [0.3, 0.4) is 0 Å². The largest absolute Gasteiger partial charge is 0.263 e. The lowest BCUT2D eigenvalue weighted by Crippen LogP contribution is -2.16. The van der Waals surface area contributed by atoms with E-state index in [0.717, 1.165) is 17.7 Å². The molecule has 0 saturated carbocycles. The first-order valence-electron chi connectivity index (χ1n) is 7.08. The van der Waals surface area contributed by atoms with Gasteiger partial charge in [-0.3, -0.25) is 4.72 Å². The Morgan fingerprint density at radius 1 is 1.22 bits per heavy atom. The van der Waals surface area contributed by atoms with Crippen LogP contribution in [0.4, 0.5) is 5.82 Å². The topological polar surface area (TPSA) is 76.9 Å². The van der Waals surface area contributed by atoms with Gasteiger partial charge in [-0.2, -0.15) is 9.78 Å². The van der Waals surface area contributed by atoms with Gasteiger partial charge in [-0.25, -0.2) is 13.4 Å². The third kappa shape index (κ3) is 3.27. The van der Waals surface area contributed by atoms with Crippen molar-refractivity contribution in [3.05, 3.63) is 53.2 Å². The molecule has 2 heterocycles. The maximum atomic E-state index is 12.5.